The predicted octanol–water partition coefficient (Wildman–Crippen LogP) is -3.93. The van der Waals surface area contributed by atoms with Gasteiger partial charge in [-0.1, -0.05) is 0 Å². The average Bonchev–Trinajstić information content (AvgIpc) is 2.39. The van der Waals surface area contributed by atoms with Gasteiger partial charge in [-0.2, -0.15) is 10.2 Å². The van der Waals surface area contributed by atoms with Gasteiger partial charge in [-0.3, -0.25) is 10.9 Å². The standard InChI is InChI=1S/C8H16N6O4S2/c9-7(19)13-11-1-3(12-14-8(10)20)5(17)6(18)4(16)2-15/h1,4-6,15-18H,2H2,(H3,9,13,19)(H3,10,14,20)/b11-1+,12-3+/t4-,5+,6-/m0/s1. The highest BCUT2D eigenvalue weighted by Gasteiger charge is 2.27. The molecule has 0 spiro atoms. The van der Waals surface area contributed by atoms with Gasteiger partial charge in [-0.05, 0) is 24.4 Å². The van der Waals surface area contributed by atoms with Crippen molar-refractivity contribution >= 4 is 46.6 Å². The first-order valence-electron chi connectivity index (χ1n) is 5.16. The average molecular weight is 324 g/mol. The summed E-state index contributed by atoms with van der Waals surface area (Å²) in [5, 5.41) is 44.1. The summed E-state index contributed by atoms with van der Waals surface area (Å²) in [6.45, 7) is -0.753. The monoisotopic (exact) mass is 324 g/mol. The first kappa shape index (κ1) is 18.6. The van der Waals surface area contributed by atoms with Crippen LogP contribution in [0.3, 0.4) is 0 Å². The highest BCUT2D eigenvalue weighted by atomic mass is 32.1. The number of rotatable bonds is 7. The lowest BCUT2D eigenvalue weighted by Gasteiger charge is -2.21. The number of nitrogens with two attached hydrogens (primary N) is 2. The molecule has 0 amide bonds. The fraction of sp³-hybridized carbons (Fsp3) is 0.500. The Bertz CT molecular complexity index is 404. The third-order valence-corrected chi connectivity index (χ3v) is 2.06. The molecule has 12 heteroatoms. The lowest BCUT2D eigenvalue weighted by Crippen LogP contribution is -2.45. The lowest BCUT2D eigenvalue weighted by molar-refractivity contribution is -0.0549. The van der Waals surface area contributed by atoms with Gasteiger partial charge in [0, 0.05) is 0 Å². The zero-order chi connectivity index (χ0) is 15.7. The summed E-state index contributed by atoms with van der Waals surface area (Å²) in [7, 11) is 0. The van der Waals surface area contributed by atoms with E-state index in [-0.39, 0.29) is 15.9 Å². The summed E-state index contributed by atoms with van der Waals surface area (Å²) in [5.74, 6) is 0. The van der Waals surface area contributed by atoms with Crippen LogP contribution < -0.4 is 22.3 Å². The molecule has 0 aromatic rings. The van der Waals surface area contributed by atoms with Gasteiger partial charge in [0.1, 0.15) is 24.0 Å². The molecule has 0 rings (SSSR count). The van der Waals surface area contributed by atoms with Gasteiger partial charge in [-0.25, -0.2) is 0 Å². The smallest absolute Gasteiger partial charge is 0.184 e. The van der Waals surface area contributed by atoms with E-state index in [1.165, 1.54) is 0 Å². The molecule has 114 valence electrons. The number of thiocarbonyl (C=S) groups is 2. The molecule has 10 nitrogen and oxygen atoms in total. The Balaban J connectivity index is 5.00. The molecule has 0 aliphatic carbocycles. The molecule has 0 unspecified atom stereocenters. The van der Waals surface area contributed by atoms with E-state index >= 15 is 0 Å². The van der Waals surface area contributed by atoms with E-state index in [1.54, 1.807) is 0 Å². The number of nitrogens with zero attached hydrogens (tertiary/aromatic N) is 2. The third kappa shape index (κ3) is 7.22. The Labute approximate surface area is 125 Å². The molecule has 3 atom stereocenters. The van der Waals surface area contributed by atoms with Crippen molar-refractivity contribution in [2.24, 2.45) is 21.7 Å². The summed E-state index contributed by atoms with van der Waals surface area (Å²) in [4.78, 5) is 0. The second-order valence-electron chi connectivity index (χ2n) is 3.43. The van der Waals surface area contributed by atoms with Crippen molar-refractivity contribution in [3.05, 3.63) is 0 Å². The minimum atomic E-state index is -1.71. The van der Waals surface area contributed by atoms with Gasteiger partial charge in [0.25, 0.3) is 0 Å². The van der Waals surface area contributed by atoms with E-state index in [0.717, 1.165) is 6.21 Å². The Morgan fingerprint density at radius 3 is 2.15 bits per heavy atom. The number of hydrazone groups is 2. The third-order valence-electron chi connectivity index (χ3n) is 1.87. The number of aliphatic hydroxyl groups excluding tert-OH is 4. The van der Waals surface area contributed by atoms with Gasteiger partial charge >= 0.3 is 0 Å². The highest BCUT2D eigenvalue weighted by molar-refractivity contribution is 7.80. The molecule has 0 saturated carbocycles. The molecule has 0 heterocycles. The summed E-state index contributed by atoms with van der Waals surface area (Å²) in [6.07, 6.45) is -3.97. The van der Waals surface area contributed by atoms with Crippen LogP contribution in [-0.2, 0) is 0 Å². The largest absolute Gasteiger partial charge is 0.394 e. The molecule has 0 bridgehead atoms. The zero-order valence-electron chi connectivity index (χ0n) is 10.2. The summed E-state index contributed by atoms with van der Waals surface area (Å²) in [5.41, 5.74) is 14.4. The molecule has 20 heavy (non-hydrogen) atoms. The van der Waals surface area contributed by atoms with Gasteiger partial charge < -0.3 is 31.9 Å². The van der Waals surface area contributed by atoms with Crippen LogP contribution in [0.5, 0.6) is 0 Å². The number of hydrogen-bond acceptors (Lipinski definition) is 8. The first-order valence-corrected chi connectivity index (χ1v) is 5.97. The Morgan fingerprint density at radius 1 is 1.15 bits per heavy atom. The maximum absolute atomic E-state index is 9.80. The molecule has 0 radical (unpaired) electrons. The van der Waals surface area contributed by atoms with E-state index in [4.69, 9.17) is 16.6 Å². The molecule has 10 N–H and O–H groups in total. The second-order valence-corrected chi connectivity index (χ2v) is 4.31. The molecule has 0 fully saturated rings. The lowest BCUT2D eigenvalue weighted by atomic mass is 10.0. The first-order chi connectivity index (χ1) is 9.29. The summed E-state index contributed by atoms with van der Waals surface area (Å²) >= 11 is 9.02. The van der Waals surface area contributed by atoms with Crippen molar-refractivity contribution in [2.45, 2.75) is 18.3 Å². The van der Waals surface area contributed by atoms with E-state index in [1.807, 2.05) is 0 Å². The van der Waals surface area contributed by atoms with E-state index in [2.05, 4.69) is 45.5 Å². The SMILES string of the molecule is NC(=S)N/N=C/C(=N\NC(N)=S)[C@@H](O)[C@@H](O)[C@@H](O)CO. The second kappa shape index (κ2) is 9.46. The minimum absolute atomic E-state index is 0.131. The number of nitrogens with one attached hydrogen (secondary N) is 2. The Morgan fingerprint density at radius 2 is 1.70 bits per heavy atom. The van der Waals surface area contributed by atoms with Crippen LogP contribution in [0.1, 0.15) is 0 Å². The maximum Gasteiger partial charge on any atom is 0.184 e. The van der Waals surface area contributed by atoms with Gasteiger partial charge in [0.15, 0.2) is 10.2 Å². The molecule has 0 saturated heterocycles. The highest BCUT2D eigenvalue weighted by Crippen LogP contribution is 2.01. The summed E-state index contributed by atoms with van der Waals surface area (Å²) in [6, 6.07) is 0. The Hall–Kier alpha value is -1.44. The van der Waals surface area contributed by atoms with Crippen molar-refractivity contribution in [1.82, 2.24) is 10.9 Å². The minimum Gasteiger partial charge on any atom is -0.394 e. The van der Waals surface area contributed by atoms with Crippen LogP contribution in [0.15, 0.2) is 10.2 Å². The van der Waals surface area contributed by atoms with Gasteiger partial charge in [0.2, 0.25) is 0 Å². The van der Waals surface area contributed by atoms with Crippen LogP contribution in [0.4, 0.5) is 0 Å². The number of aliphatic hydroxyl groups is 4. The maximum atomic E-state index is 9.80. The molecular formula is C8H16N6O4S2. The topological polar surface area (TPSA) is 182 Å². The number of hydrogen-bond donors (Lipinski definition) is 8. The molecule has 0 aliphatic rings. The van der Waals surface area contributed by atoms with E-state index in [0.29, 0.717) is 0 Å². The van der Waals surface area contributed by atoms with Crippen molar-refractivity contribution in [3.63, 3.8) is 0 Å². The normalized spacial score (nSPS) is 16.5. The predicted molar refractivity (Wildman–Crippen MR) is 80.9 cm³/mol. The van der Waals surface area contributed by atoms with E-state index in [9.17, 15) is 15.3 Å². The molecule has 0 aromatic heterocycles. The van der Waals surface area contributed by atoms with Crippen LogP contribution in [-0.4, -0.2) is 67.5 Å². The molecular weight excluding hydrogens is 308 g/mol. The van der Waals surface area contributed by atoms with Gasteiger partial charge in [-0.15, -0.1) is 0 Å². The van der Waals surface area contributed by atoms with Crippen LogP contribution in [0, 0.1) is 0 Å². The fourth-order valence-corrected chi connectivity index (χ4v) is 1.04. The van der Waals surface area contributed by atoms with Crippen molar-refractivity contribution in [2.75, 3.05) is 6.61 Å². The quantitative estimate of drug-likeness (QED) is 0.131. The van der Waals surface area contributed by atoms with Crippen LogP contribution in [0.2, 0.25) is 0 Å². The fourth-order valence-electron chi connectivity index (χ4n) is 0.946. The molecule has 0 aliphatic heterocycles. The van der Waals surface area contributed by atoms with Crippen molar-refractivity contribution in [1.29, 1.82) is 0 Å². The van der Waals surface area contributed by atoms with Crippen LogP contribution >= 0.6 is 24.4 Å². The zero-order valence-corrected chi connectivity index (χ0v) is 11.8. The van der Waals surface area contributed by atoms with Gasteiger partial charge in [0.05, 0.1) is 12.8 Å². The van der Waals surface area contributed by atoms with Crippen molar-refractivity contribution in [3.8, 4) is 0 Å². The molecule has 0 aromatic carbocycles. The Kier molecular flexibility index (Phi) is 8.78. The summed E-state index contributed by atoms with van der Waals surface area (Å²) < 4.78 is 0. The van der Waals surface area contributed by atoms with Crippen LogP contribution in [0.25, 0.3) is 0 Å². The van der Waals surface area contributed by atoms with Crippen molar-refractivity contribution < 1.29 is 20.4 Å². The van der Waals surface area contributed by atoms with E-state index < -0.39 is 24.9 Å².